The summed E-state index contributed by atoms with van der Waals surface area (Å²) in [5, 5.41) is -0.568. The third-order valence-electron chi connectivity index (χ3n) is 4.75. The first-order valence-electron chi connectivity index (χ1n) is 7.20. The van der Waals surface area contributed by atoms with E-state index in [0.717, 1.165) is 6.42 Å². The number of rotatable bonds is 4. The summed E-state index contributed by atoms with van der Waals surface area (Å²) in [5.74, 6) is -1.31. The lowest BCUT2D eigenvalue weighted by Crippen LogP contribution is -2.39. The van der Waals surface area contributed by atoms with Crippen molar-refractivity contribution in [3.05, 3.63) is 12.2 Å². The molecule has 1 heterocycles. The van der Waals surface area contributed by atoms with Crippen molar-refractivity contribution in [2.24, 2.45) is 17.8 Å². The zero-order valence-electron chi connectivity index (χ0n) is 12.2. The van der Waals surface area contributed by atoms with E-state index >= 15 is 0 Å². The standard InChI is InChI=1S/C14H18O7S/c1-7(2)14(16)19-6-12(15)21-11-4-8-3-9(11)13-10(8)5-20-22(13,17)18/h8-11,13H,1,3-6H2,2H3. The van der Waals surface area contributed by atoms with Crippen LogP contribution in [0.25, 0.3) is 0 Å². The molecule has 2 aliphatic carbocycles. The normalized spacial score (nSPS) is 37.6. The molecule has 22 heavy (non-hydrogen) atoms. The molecule has 0 aromatic carbocycles. The highest BCUT2D eigenvalue weighted by Gasteiger charge is 2.62. The summed E-state index contributed by atoms with van der Waals surface area (Å²) in [6.07, 6.45) is 0.936. The van der Waals surface area contributed by atoms with Gasteiger partial charge in [-0.3, -0.25) is 4.18 Å². The second kappa shape index (κ2) is 5.34. The molecule has 0 radical (unpaired) electrons. The molecule has 0 amide bonds. The monoisotopic (exact) mass is 330 g/mol. The van der Waals surface area contributed by atoms with E-state index in [1.54, 1.807) is 0 Å². The molecular weight excluding hydrogens is 312 g/mol. The molecule has 0 aromatic heterocycles. The Labute approximate surface area is 128 Å². The average molecular weight is 330 g/mol. The molecule has 0 N–H and O–H groups in total. The zero-order chi connectivity index (χ0) is 16.1. The lowest BCUT2D eigenvalue weighted by molar-refractivity contribution is -0.162. The molecule has 0 spiro atoms. The van der Waals surface area contributed by atoms with Crippen molar-refractivity contribution in [1.29, 1.82) is 0 Å². The molecule has 3 rings (SSSR count). The van der Waals surface area contributed by atoms with E-state index in [9.17, 15) is 18.0 Å². The maximum Gasteiger partial charge on any atom is 0.344 e. The van der Waals surface area contributed by atoms with Gasteiger partial charge in [0.05, 0.1) is 11.9 Å². The van der Waals surface area contributed by atoms with Crippen LogP contribution in [-0.4, -0.2) is 44.9 Å². The second-order valence-electron chi connectivity index (χ2n) is 6.19. The van der Waals surface area contributed by atoms with Crippen LogP contribution >= 0.6 is 0 Å². The zero-order valence-corrected chi connectivity index (χ0v) is 13.0. The summed E-state index contributed by atoms with van der Waals surface area (Å²) in [7, 11) is -3.55. The molecule has 3 aliphatic rings. The van der Waals surface area contributed by atoms with Crippen molar-refractivity contribution in [3.8, 4) is 0 Å². The fourth-order valence-corrected chi connectivity index (χ4v) is 5.80. The molecule has 122 valence electrons. The van der Waals surface area contributed by atoms with Gasteiger partial charge in [0.15, 0.2) is 6.61 Å². The number of ether oxygens (including phenoxy) is 2. The molecule has 3 fully saturated rings. The first kappa shape index (κ1) is 15.5. The molecule has 5 unspecified atom stereocenters. The van der Waals surface area contributed by atoms with Gasteiger partial charge in [0.1, 0.15) is 6.10 Å². The largest absolute Gasteiger partial charge is 0.460 e. The van der Waals surface area contributed by atoms with Gasteiger partial charge in [-0.25, -0.2) is 9.59 Å². The Kier molecular flexibility index (Phi) is 3.76. The third kappa shape index (κ3) is 2.54. The number of hydrogen-bond acceptors (Lipinski definition) is 7. The third-order valence-corrected chi connectivity index (χ3v) is 6.58. The SMILES string of the molecule is C=C(C)C(=O)OCC(=O)OC1CC2CC1C1C2COS1(=O)=O. The van der Waals surface area contributed by atoms with Crippen LogP contribution in [0.5, 0.6) is 0 Å². The smallest absolute Gasteiger partial charge is 0.344 e. The summed E-state index contributed by atoms with van der Waals surface area (Å²) in [4.78, 5) is 23.0. The number of carbonyl (C=O) groups excluding carboxylic acids is 2. The van der Waals surface area contributed by atoms with Gasteiger partial charge < -0.3 is 9.47 Å². The molecular formula is C14H18O7S. The molecule has 2 saturated carbocycles. The topological polar surface area (TPSA) is 96.0 Å². The predicted octanol–water partition coefficient (Wildman–Crippen LogP) is 0.402. The minimum Gasteiger partial charge on any atom is -0.460 e. The number of carbonyl (C=O) groups is 2. The van der Waals surface area contributed by atoms with Crippen molar-refractivity contribution >= 4 is 22.1 Å². The van der Waals surface area contributed by atoms with Crippen LogP contribution in [0.15, 0.2) is 12.2 Å². The van der Waals surface area contributed by atoms with Crippen LogP contribution in [0.4, 0.5) is 0 Å². The van der Waals surface area contributed by atoms with Crippen LogP contribution in [0.3, 0.4) is 0 Å². The van der Waals surface area contributed by atoms with E-state index in [1.165, 1.54) is 6.92 Å². The summed E-state index contributed by atoms with van der Waals surface area (Å²) in [6, 6.07) is 0. The summed E-state index contributed by atoms with van der Waals surface area (Å²) in [6.45, 7) is 4.65. The van der Waals surface area contributed by atoms with E-state index in [-0.39, 0.29) is 29.9 Å². The van der Waals surface area contributed by atoms with Crippen molar-refractivity contribution in [3.63, 3.8) is 0 Å². The van der Waals surface area contributed by atoms with E-state index in [0.29, 0.717) is 6.42 Å². The molecule has 1 saturated heterocycles. The number of fused-ring (bicyclic) bond motifs is 5. The summed E-state index contributed by atoms with van der Waals surface area (Å²) in [5.41, 5.74) is 0.199. The minimum atomic E-state index is -3.55. The van der Waals surface area contributed by atoms with Crippen LogP contribution in [0, 0.1) is 17.8 Å². The first-order chi connectivity index (χ1) is 10.3. The van der Waals surface area contributed by atoms with E-state index < -0.39 is 40.0 Å². The highest BCUT2D eigenvalue weighted by molar-refractivity contribution is 7.87. The predicted molar refractivity (Wildman–Crippen MR) is 74.0 cm³/mol. The van der Waals surface area contributed by atoms with Gasteiger partial charge in [-0.1, -0.05) is 6.58 Å². The van der Waals surface area contributed by atoms with Crippen LogP contribution in [-0.2, 0) is 33.4 Å². The van der Waals surface area contributed by atoms with Crippen molar-refractivity contribution in [2.45, 2.75) is 31.1 Å². The van der Waals surface area contributed by atoms with Gasteiger partial charge >= 0.3 is 11.9 Å². The molecule has 5 atom stereocenters. The lowest BCUT2D eigenvalue weighted by Gasteiger charge is -2.28. The fraction of sp³-hybridized carbons (Fsp3) is 0.714. The first-order valence-corrected chi connectivity index (χ1v) is 8.67. The quantitative estimate of drug-likeness (QED) is 0.418. The Hall–Kier alpha value is -1.41. The number of hydrogen-bond donors (Lipinski definition) is 0. The van der Waals surface area contributed by atoms with E-state index in [1.807, 2.05) is 0 Å². The molecule has 2 bridgehead atoms. The molecule has 1 aliphatic heterocycles. The summed E-state index contributed by atoms with van der Waals surface area (Å²) < 4.78 is 38.8. The van der Waals surface area contributed by atoms with Crippen LogP contribution < -0.4 is 0 Å². The molecule has 7 nitrogen and oxygen atoms in total. The fourth-order valence-electron chi connectivity index (χ4n) is 3.85. The van der Waals surface area contributed by atoms with Gasteiger partial charge in [0.25, 0.3) is 10.1 Å². The Bertz CT molecular complexity index is 623. The Balaban J connectivity index is 1.58. The lowest BCUT2D eigenvalue weighted by atomic mass is 9.87. The van der Waals surface area contributed by atoms with Crippen LogP contribution in [0.1, 0.15) is 19.8 Å². The Morgan fingerprint density at radius 3 is 2.68 bits per heavy atom. The van der Waals surface area contributed by atoms with Gasteiger partial charge in [-0.05, 0) is 25.7 Å². The van der Waals surface area contributed by atoms with Crippen molar-refractivity contribution in [1.82, 2.24) is 0 Å². The Morgan fingerprint density at radius 2 is 2.00 bits per heavy atom. The van der Waals surface area contributed by atoms with Gasteiger partial charge in [0.2, 0.25) is 0 Å². The highest BCUT2D eigenvalue weighted by atomic mass is 32.2. The maximum absolute atomic E-state index is 11.9. The van der Waals surface area contributed by atoms with Gasteiger partial charge in [0, 0.05) is 17.4 Å². The van der Waals surface area contributed by atoms with E-state index in [2.05, 4.69) is 6.58 Å². The van der Waals surface area contributed by atoms with Crippen molar-refractivity contribution < 1.29 is 31.7 Å². The van der Waals surface area contributed by atoms with E-state index in [4.69, 9.17) is 13.7 Å². The minimum absolute atomic E-state index is 0.0196. The van der Waals surface area contributed by atoms with Crippen LogP contribution in [0.2, 0.25) is 0 Å². The summed E-state index contributed by atoms with van der Waals surface area (Å²) >= 11 is 0. The van der Waals surface area contributed by atoms with Gasteiger partial charge in [-0.15, -0.1) is 0 Å². The average Bonchev–Trinajstić information content (AvgIpc) is 3.08. The maximum atomic E-state index is 11.9. The molecule has 8 heteroatoms. The Morgan fingerprint density at radius 1 is 1.27 bits per heavy atom. The van der Waals surface area contributed by atoms with Gasteiger partial charge in [-0.2, -0.15) is 8.42 Å². The van der Waals surface area contributed by atoms with Crippen molar-refractivity contribution in [2.75, 3.05) is 13.2 Å². The second-order valence-corrected chi connectivity index (χ2v) is 7.95. The molecule has 0 aromatic rings. The number of esters is 2. The highest BCUT2D eigenvalue weighted by Crippen LogP contribution is 2.55.